The van der Waals surface area contributed by atoms with Gasteiger partial charge in [0.05, 0.1) is 16.1 Å². The summed E-state index contributed by atoms with van der Waals surface area (Å²) < 4.78 is 65.3. The summed E-state index contributed by atoms with van der Waals surface area (Å²) in [4.78, 5) is 14.6. The third kappa shape index (κ3) is 4.30. The van der Waals surface area contributed by atoms with Gasteiger partial charge in [0.25, 0.3) is 0 Å². The highest BCUT2D eigenvalue weighted by molar-refractivity contribution is 7.89. The topological polar surface area (TPSA) is 77.9 Å². The predicted molar refractivity (Wildman–Crippen MR) is 113 cm³/mol. The van der Waals surface area contributed by atoms with Crippen molar-refractivity contribution in [2.24, 2.45) is 17.3 Å². The molecule has 6 nitrogen and oxygen atoms in total. The fraction of sp³-hybridized carbons (Fsp3) is 0.696. The molecule has 1 heterocycles. The lowest BCUT2D eigenvalue weighted by Gasteiger charge is -2.60. The Morgan fingerprint density at radius 3 is 2.09 bits per heavy atom. The van der Waals surface area contributed by atoms with Crippen LogP contribution in [0.5, 0.6) is 0 Å². The minimum atomic E-state index is -4.53. The van der Waals surface area contributed by atoms with E-state index in [1.165, 1.54) is 4.31 Å². The average Bonchev–Trinajstić information content (AvgIpc) is 2.71. The molecule has 0 radical (unpaired) electrons. The molecule has 0 spiro atoms. The van der Waals surface area contributed by atoms with E-state index in [1.807, 2.05) is 0 Å². The summed E-state index contributed by atoms with van der Waals surface area (Å²) in [5.74, 6) is 0.997. The quantitative estimate of drug-likeness (QED) is 0.709. The largest absolute Gasteiger partial charge is 0.416 e. The van der Waals surface area contributed by atoms with Crippen LogP contribution in [0.4, 0.5) is 13.2 Å². The number of aliphatic hydroxyl groups is 1. The minimum absolute atomic E-state index is 0.00660. The lowest BCUT2D eigenvalue weighted by atomic mass is 9.47. The predicted octanol–water partition coefficient (Wildman–Crippen LogP) is 3.26. The Morgan fingerprint density at radius 2 is 1.58 bits per heavy atom. The minimum Gasteiger partial charge on any atom is -0.390 e. The average molecular weight is 487 g/mol. The zero-order valence-electron chi connectivity index (χ0n) is 18.4. The third-order valence-electron chi connectivity index (χ3n) is 8.09. The monoisotopic (exact) mass is 486 g/mol. The molecule has 0 aromatic heterocycles. The lowest BCUT2D eigenvalue weighted by molar-refractivity contribution is -0.172. The van der Waals surface area contributed by atoms with E-state index in [2.05, 4.69) is 0 Å². The van der Waals surface area contributed by atoms with E-state index in [-0.39, 0.29) is 42.4 Å². The van der Waals surface area contributed by atoms with Gasteiger partial charge in [-0.05, 0) is 80.0 Å². The molecule has 1 saturated heterocycles. The lowest BCUT2D eigenvalue weighted by Crippen LogP contribution is -2.57. The second-order valence-electron chi connectivity index (χ2n) is 10.7. The number of amides is 1. The number of hydrogen-bond donors (Lipinski definition) is 1. The fourth-order valence-corrected chi connectivity index (χ4v) is 8.61. The maximum atomic E-state index is 13.1. The van der Waals surface area contributed by atoms with Crippen LogP contribution in [0.15, 0.2) is 29.2 Å². The first-order valence-electron chi connectivity index (χ1n) is 11.6. The molecule has 4 bridgehead atoms. The smallest absolute Gasteiger partial charge is 0.390 e. The zero-order valence-corrected chi connectivity index (χ0v) is 19.2. The van der Waals surface area contributed by atoms with Gasteiger partial charge in [0, 0.05) is 32.6 Å². The molecule has 5 aliphatic rings. The first kappa shape index (κ1) is 23.1. The van der Waals surface area contributed by atoms with E-state index in [0.29, 0.717) is 24.7 Å². The Labute approximate surface area is 191 Å². The molecule has 4 saturated carbocycles. The van der Waals surface area contributed by atoms with Gasteiger partial charge in [0.2, 0.25) is 15.9 Å². The molecule has 6 rings (SSSR count). The summed E-state index contributed by atoms with van der Waals surface area (Å²) in [6, 6.07) is 3.50. The van der Waals surface area contributed by atoms with Gasteiger partial charge in [-0.15, -0.1) is 0 Å². The number of sulfonamides is 1. The molecule has 1 aromatic carbocycles. The van der Waals surface area contributed by atoms with Gasteiger partial charge in [-0.25, -0.2) is 8.42 Å². The number of alkyl halides is 3. The van der Waals surface area contributed by atoms with Crippen LogP contribution in [0.1, 0.15) is 50.5 Å². The third-order valence-corrected chi connectivity index (χ3v) is 10.0. The molecule has 4 aliphatic carbocycles. The SMILES string of the molecule is O=C(CC12CC3CC(CC(O)(C3)C1)C2)N1CCN(S(=O)(=O)c2ccc(C(F)(F)F)cc2)CC1. The Bertz CT molecular complexity index is 1020. The number of piperazine rings is 1. The van der Waals surface area contributed by atoms with Crippen LogP contribution in [-0.4, -0.2) is 60.4 Å². The Balaban J connectivity index is 1.21. The van der Waals surface area contributed by atoms with Crippen LogP contribution >= 0.6 is 0 Å². The first-order valence-corrected chi connectivity index (χ1v) is 13.0. The number of halogens is 3. The highest BCUT2D eigenvalue weighted by atomic mass is 32.2. The van der Waals surface area contributed by atoms with E-state index < -0.39 is 27.4 Å². The summed E-state index contributed by atoms with van der Waals surface area (Å²) in [5, 5.41) is 10.9. The Hall–Kier alpha value is -1.65. The van der Waals surface area contributed by atoms with Crippen molar-refractivity contribution in [1.29, 1.82) is 0 Å². The summed E-state index contributed by atoms with van der Waals surface area (Å²) >= 11 is 0. The fourth-order valence-electron chi connectivity index (χ4n) is 7.18. The van der Waals surface area contributed by atoms with Crippen molar-refractivity contribution in [3.05, 3.63) is 29.8 Å². The highest BCUT2D eigenvalue weighted by Crippen LogP contribution is 2.62. The summed E-state index contributed by atoms with van der Waals surface area (Å²) in [7, 11) is -3.93. The zero-order chi connectivity index (χ0) is 23.6. The molecule has 2 unspecified atom stereocenters. The van der Waals surface area contributed by atoms with E-state index in [0.717, 1.165) is 56.4 Å². The molecular formula is C23H29F3N2O4S. The molecule has 182 valence electrons. The number of nitrogens with zero attached hydrogens (tertiary/aromatic N) is 2. The van der Waals surface area contributed by atoms with Gasteiger partial charge in [-0.2, -0.15) is 17.5 Å². The van der Waals surface area contributed by atoms with Crippen LogP contribution < -0.4 is 0 Å². The maximum Gasteiger partial charge on any atom is 0.416 e. The van der Waals surface area contributed by atoms with Crippen molar-refractivity contribution in [2.75, 3.05) is 26.2 Å². The van der Waals surface area contributed by atoms with E-state index >= 15 is 0 Å². The van der Waals surface area contributed by atoms with E-state index in [1.54, 1.807) is 4.90 Å². The van der Waals surface area contributed by atoms with Crippen LogP contribution in [0, 0.1) is 17.3 Å². The van der Waals surface area contributed by atoms with Gasteiger partial charge in [0.15, 0.2) is 0 Å². The van der Waals surface area contributed by atoms with Crippen molar-refractivity contribution < 1.29 is 31.5 Å². The normalized spacial score (nSPS) is 34.6. The molecule has 5 fully saturated rings. The van der Waals surface area contributed by atoms with Crippen LogP contribution in [0.2, 0.25) is 0 Å². The second-order valence-corrected chi connectivity index (χ2v) is 12.6. The Morgan fingerprint density at radius 1 is 1.00 bits per heavy atom. The summed E-state index contributed by atoms with van der Waals surface area (Å²) in [6.45, 7) is 0.729. The van der Waals surface area contributed by atoms with Crippen molar-refractivity contribution in [3.8, 4) is 0 Å². The molecule has 1 aliphatic heterocycles. The molecule has 1 N–H and O–H groups in total. The molecule has 33 heavy (non-hydrogen) atoms. The first-order chi connectivity index (χ1) is 15.4. The van der Waals surface area contributed by atoms with E-state index in [4.69, 9.17) is 0 Å². The molecule has 2 atom stereocenters. The molecule has 10 heteroatoms. The van der Waals surface area contributed by atoms with Crippen molar-refractivity contribution >= 4 is 15.9 Å². The van der Waals surface area contributed by atoms with Crippen LogP contribution in [-0.2, 0) is 21.0 Å². The maximum absolute atomic E-state index is 13.1. The number of hydrogen-bond acceptors (Lipinski definition) is 4. The molecule has 1 aromatic rings. The molecule has 1 amide bonds. The van der Waals surface area contributed by atoms with Gasteiger partial charge in [0.1, 0.15) is 0 Å². The second kappa shape index (κ2) is 7.68. The van der Waals surface area contributed by atoms with Crippen molar-refractivity contribution in [3.63, 3.8) is 0 Å². The number of benzene rings is 1. The van der Waals surface area contributed by atoms with Gasteiger partial charge in [-0.3, -0.25) is 4.79 Å². The van der Waals surface area contributed by atoms with Crippen LogP contribution in [0.25, 0.3) is 0 Å². The van der Waals surface area contributed by atoms with Gasteiger partial charge in [-0.1, -0.05) is 0 Å². The molecular weight excluding hydrogens is 457 g/mol. The van der Waals surface area contributed by atoms with E-state index in [9.17, 15) is 31.5 Å². The van der Waals surface area contributed by atoms with Crippen molar-refractivity contribution in [2.45, 2.75) is 61.6 Å². The standard InChI is InChI=1S/C23H29F3N2O4S/c24-23(25,26)18-1-3-19(4-2-18)33(31,32)28-7-5-27(6-8-28)20(29)14-21-10-16-9-17(11-21)13-22(30,12-16)15-21/h1-4,16-17,30H,5-15H2. The number of carbonyl (C=O) groups excluding carboxylic acids is 1. The van der Waals surface area contributed by atoms with Crippen LogP contribution in [0.3, 0.4) is 0 Å². The van der Waals surface area contributed by atoms with Gasteiger partial charge < -0.3 is 10.0 Å². The Kier molecular flexibility index (Phi) is 5.38. The van der Waals surface area contributed by atoms with Crippen molar-refractivity contribution in [1.82, 2.24) is 9.21 Å². The summed E-state index contributed by atoms with van der Waals surface area (Å²) in [5.41, 5.74) is -1.66. The number of rotatable bonds is 4. The summed E-state index contributed by atoms with van der Waals surface area (Å²) in [6.07, 6.45) is 1.37. The number of carbonyl (C=O) groups is 1. The highest BCUT2D eigenvalue weighted by Gasteiger charge is 2.57. The van der Waals surface area contributed by atoms with Gasteiger partial charge >= 0.3 is 6.18 Å².